The Morgan fingerprint density at radius 1 is 1.12 bits per heavy atom. The third-order valence-corrected chi connectivity index (χ3v) is 3.17. The summed E-state index contributed by atoms with van der Waals surface area (Å²) in [6.07, 6.45) is 3.63. The zero-order chi connectivity index (χ0) is 12.5. The van der Waals surface area contributed by atoms with Gasteiger partial charge in [-0.05, 0) is 42.7 Å². The number of hydrogen-bond donors (Lipinski definition) is 1. The van der Waals surface area contributed by atoms with E-state index in [0.29, 0.717) is 5.02 Å². The van der Waals surface area contributed by atoms with Crippen LogP contribution in [-0.2, 0) is 5.54 Å². The first-order valence-corrected chi connectivity index (χ1v) is 5.85. The first-order chi connectivity index (χ1) is 8.00. The minimum atomic E-state index is -0.552. The quantitative estimate of drug-likeness (QED) is 0.883. The van der Waals surface area contributed by atoms with Crippen LogP contribution in [0.25, 0.3) is 0 Å². The molecule has 0 radical (unpaired) electrons. The lowest BCUT2D eigenvalue weighted by Crippen LogP contribution is -2.34. The molecule has 2 N–H and O–H groups in total. The predicted molar refractivity (Wildman–Crippen MR) is 71.1 cm³/mol. The molecule has 0 aliphatic carbocycles. The van der Waals surface area contributed by atoms with Crippen molar-refractivity contribution in [3.63, 3.8) is 0 Å². The molecule has 0 aliphatic heterocycles. The summed E-state index contributed by atoms with van der Waals surface area (Å²) in [4.78, 5) is 4.19. The minimum Gasteiger partial charge on any atom is -0.318 e. The average molecular weight is 247 g/mol. The molecule has 17 heavy (non-hydrogen) atoms. The molecule has 0 saturated heterocycles. The van der Waals surface area contributed by atoms with E-state index in [1.807, 2.05) is 50.5 Å². The number of nitrogens with two attached hydrogens (primary N) is 1. The first kappa shape index (κ1) is 12.1. The molecule has 0 spiro atoms. The molecular formula is C14H15ClN2. The standard InChI is InChI=1S/C14H15ClN2/c1-10-7-12(9-17-8-10)14(2,16)11-3-5-13(15)6-4-11/h3-9H,16H2,1-2H3. The smallest absolute Gasteiger partial charge is 0.0652 e. The Morgan fingerprint density at radius 3 is 2.35 bits per heavy atom. The monoisotopic (exact) mass is 246 g/mol. The SMILES string of the molecule is Cc1cncc(C(C)(N)c2ccc(Cl)cc2)c1. The number of aromatic nitrogens is 1. The summed E-state index contributed by atoms with van der Waals surface area (Å²) in [5.74, 6) is 0. The van der Waals surface area contributed by atoms with Crippen LogP contribution < -0.4 is 5.73 Å². The lowest BCUT2D eigenvalue weighted by atomic mass is 9.86. The Kier molecular flexibility index (Phi) is 3.18. The van der Waals surface area contributed by atoms with Crippen molar-refractivity contribution in [2.24, 2.45) is 5.73 Å². The van der Waals surface area contributed by atoms with Crippen LogP contribution in [0.15, 0.2) is 42.7 Å². The zero-order valence-electron chi connectivity index (χ0n) is 9.94. The molecule has 2 nitrogen and oxygen atoms in total. The minimum absolute atomic E-state index is 0.552. The number of halogens is 1. The van der Waals surface area contributed by atoms with E-state index in [9.17, 15) is 0 Å². The Labute approximate surface area is 106 Å². The largest absolute Gasteiger partial charge is 0.318 e. The zero-order valence-corrected chi connectivity index (χ0v) is 10.7. The molecule has 1 atom stereocenters. The van der Waals surface area contributed by atoms with Crippen LogP contribution in [0.4, 0.5) is 0 Å². The summed E-state index contributed by atoms with van der Waals surface area (Å²) >= 11 is 5.88. The fourth-order valence-electron chi connectivity index (χ4n) is 1.80. The van der Waals surface area contributed by atoms with Crippen molar-refractivity contribution in [1.29, 1.82) is 0 Å². The summed E-state index contributed by atoms with van der Waals surface area (Å²) in [7, 11) is 0. The molecule has 0 aliphatic rings. The highest BCUT2D eigenvalue weighted by Crippen LogP contribution is 2.27. The Balaban J connectivity index is 2.45. The molecule has 1 unspecified atom stereocenters. The lowest BCUT2D eigenvalue weighted by molar-refractivity contribution is 0.599. The van der Waals surface area contributed by atoms with E-state index in [4.69, 9.17) is 17.3 Å². The van der Waals surface area contributed by atoms with Gasteiger partial charge < -0.3 is 5.73 Å². The van der Waals surface area contributed by atoms with E-state index >= 15 is 0 Å². The lowest BCUT2D eigenvalue weighted by Gasteiger charge is -2.26. The maximum atomic E-state index is 6.40. The molecular weight excluding hydrogens is 232 g/mol. The van der Waals surface area contributed by atoms with Crippen molar-refractivity contribution < 1.29 is 0 Å². The van der Waals surface area contributed by atoms with Gasteiger partial charge in [0.1, 0.15) is 0 Å². The van der Waals surface area contributed by atoms with Crippen LogP contribution in [0.1, 0.15) is 23.6 Å². The van der Waals surface area contributed by atoms with Gasteiger partial charge in [-0.1, -0.05) is 29.8 Å². The van der Waals surface area contributed by atoms with Crippen LogP contribution in [-0.4, -0.2) is 4.98 Å². The Morgan fingerprint density at radius 2 is 1.76 bits per heavy atom. The van der Waals surface area contributed by atoms with E-state index in [0.717, 1.165) is 16.7 Å². The summed E-state index contributed by atoms with van der Waals surface area (Å²) < 4.78 is 0. The molecule has 88 valence electrons. The predicted octanol–water partition coefficient (Wildman–Crippen LogP) is 3.27. The summed E-state index contributed by atoms with van der Waals surface area (Å²) in [6, 6.07) is 9.66. The summed E-state index contributed by atoms with van der Waals surface area (Å²) in [5.41, 5.74) is 8.97. The molecule has 1 aromatic carbocycles. The molecule has 0 amide bonds. The van der Waals surface area contributed by atoms with E-state index in [1.54, 1.807) is 0 Å². The fraction of sp³-hybridized carbons (Fsp3) is 0.214. The number of hydrogen-bond acceptors (Lipinski definition) is 2. The molecule has 0 fully saturated rings. The van der Waals surface area contributed by atoms with Gasteiger partial charge in [0, 0.05) is 17.4 Å². The molecule has 0 bridgehead atoms. The van der Waals surface area contributed by atoms with Gasteiger partial charge in [-0.15, -0.1) is 0 Å². The molecule has 2 rings (SSSR count). The van der Waals surface area contributed by atoms with Crippen LogP contribution in [0.5, 0.6) is 0 Å². The molecule has 2 aromatic rings. The van der Waals surface area contributed by atoms with Gasteiger partial charge in [0.2, 0.25) is 0 Å². The highest BCUT2D eigenvalue weighted by atomic mass is 35.5. The van der Waals surface area contributed by atoms with E-state index in [1.165, 1.54) is 0 Å². The molecule has 3 heteroatoms. The highest BCUT2D eigenvalue weighted by molar-refractivity contribution is 6.30. The van der Waals surface area contributed by atoms with Crippen molar-refractivity contribution in [3.8, 4) is 0 Å². The fourth-order valence-corrected chi connectivity index (χ4v) is 1.93. The van der Waals surface area contributed by atoms with Crippen molar-refractivity contribution in [2.75, 3.05) is 0 Å². The molecule has 1 heterocycles. The van der Waals surface area contributed by atoms with Gasteiger partial charge in [-0.25, -0.2) is 0 Å². The normalized spacial score (nSPS) is 14.4. The maximum absolute atomic E-state index is 6.40. The van der Waals surface area contributed by atoms with E-state index < -0.39 is 5.54 Å². The van der Waals surface area contributed by atoms with Crippen LogP contribution in [0, 0.1) is 6.92 Å². The summed E-state index contributed by atoms with van der Waals surface area (Å²) in [5, 5.41) is 0.715. The molecule has 0 saturated carbocycles. The molecule has 1 aromatic heterocycles. The first-order valence-electron chi connectivity index (χ1n) is 5.47. The van der Waals surface area contributed by atoms with Gasteiger partial charge in [0.05, 0.1) is 5.54 Å². The van der Waals surface area contributed by atoms with E-state index in [2.05, 4.69) is 11.1 Å². The Bertz CT molecular complexity index is 518. The van der Waals surface area contributed by atoms with Crippen LogP contribution >= 0.6 is 11.6 Å². The van der Waals surface area contributed by atoms with Crippen molar-refractivity contribution in [2.45, 2.75) is 19.4 Å². The number of rotatable bonds is 2. The third-order valence-electron chi connectivity index (χ3n) is 2.92. The van der Waals surface area contributed by atoms with Gasteiger partial charge in [0.25, 0.3) is 0 Å². The number of benzene rings is 1. The topological polar surface area (TPSA) is 38.9 Å². The highest BCUT2D eigenvalue weighted by Gasteiger charge is 2.23. The third kappa shape index (κ3) is 2.48. The number of nitrogens with zero attached hydrogens (tertiary/aromatic N) is 1. The number of aryl methyl sites for hydroxylation is 1. The van der Waals surface area contributed by atoms with Gasteiger partial charge in [-0.3, -0.25) is 4.98 Å². The van der Waals surface area contributed by atoms with Crippen LogP contribution in [0.3, 0.4) is 0 Å². The second-order valence-corrected chi connectivity index (χ2v) is 4.90. The average Bonchev–Trinajstić information content (AvgIpc) is 2.29. The Hall–Kier alpha value is -1.38. The van der Waals surface area contributed by atoms with Gasteiger partial charge in [-0.2, -0.15) is 0 Å². The van der Waals surface area contributed by atoms with Crippen molar-refractivity contribution in [1.82, 2.24) is 4.98 Å². The van der Waals surface area contributed by atoms with Gasteiger partial charge >= 0.3 is 0 Å². The van der Waals surface area contributed by atoms with Gasteiger partial charge in [0.15, 0.2) is 0 Å². The van der Waals surface area contributed by atoms with Crippen molar-refractivity contribution in [3.05, 3.63) is 64.4 Å². The maximum Gasteiger partial charge on any atom is 0.0652 e. The summed E-state index contributed by atoms with van der Waals surface area (Å²) in [6.45, 7) is 3.99. The second-order valence-electron chi connectivity index (χ2n) is 4.46. The van der Waals surface area contributed by atoms with E-state index in [-0.39, 0.29) is 0 Å². The van der Waals surface area contributed by atoms with Crippen LogP contribution in [0.2, 0.25) is 5.02 Å². The second kappa shape index (κ2) is 4.47. The van der Waals surface area contributed by atoms with Crippen molar-refractivity contribution >= 4 is 11.6 Å². The number of pyridine rings is 1.